The number of rotatable bonds is 13. The Kier molecular flexibility index (Phi) is 11.5. The number of anilines is 2. The zero-order chi connectivity index (χ0) is 38.8. The summed E-state index contributed by atoms with van der Waals surface area (Å²) < 4.78 is 38.6. The van der Waals surface area contributed by atoms with Crippen LogP contribution in [0.4, 0.5) is 11.9 Å². The van der Waals surface area contributed by atoms with Gasteiger partial charge in [-0.1, -0.05) is 21.5 Å². The predicted molar refractivity (Wildman–Crippen MR) is 171 cm³/mol. The zero-order valence-electron chi connectivity index (χ0n) is 26.8. The Morgan fingerprint density at radius 1 is 1.04 bits per heavy atom. The first kappa shape index (κ1) is 40.4. The molecule has 6 heterocycles. The molecule has 2 fully saturated rings. The molecule has 2 unspecified atom stereocenters. The number of aliphatic hydroxyl groups excluding tert-OH is 3. The molecule has 2 aliphatic rings. The third kappa shape index (κ3) is 8.33. The summed E-state index contributed by atoms with van der Waals surface area (Å²) >= 11 is 9.56. The minimum atomic E-state index is -5.75. The Morgan fingerprint density at radius 2 is 1.72 bits per heavy atom. The highest BCUT2D eigenvalue weighted by Gasteiger charge is 2.51. The number of nitrogens with zero attached hydrogens (tertiary/aromatic N) is 7. The molecule has 0 amide bonds. The number of nitrogens with two attached hydrogens (primary N) is 2. The maximum absolute atomic E-state index is 12.7. The van der Waals surface area contributed by atoms with Gasteiger partial charge in [0, 0.05) is 13.0 Å². The van der Waals surface area contributed by atoms with E-state index in [1.165, 1.54) is 40.5 Å². The van der Waals surface area contributed by atoms with Crippen LogP contribution in [-0.4, -0.2) is 111 Å². The van der Waals surface area contributed by atoms with Crippen LogP contribution in [-0.2, 0) is 51.2 Å². The maximum Gasteiger partial charge on any atom is 0.427 e. The van der Waals surface area contributed by atoms with Gasteiger partial charge in [-0.05, 0) is 4.31 Å². The molecule has 53 heavy (non-hydrogen) atoms. The van der Waals surface area contributed by atoms with Gasteiger partial charge in [0.25, 0.3) is 5.95 Å². The van der Waals surface area contributed by atoms with E-state index in [-0.39, 0.29) is 38.9 Å². The molecule has 2 saturated heterocycles. The molecule has 0 bridgehead atoms. The number of nitrogens with one attached hydrogen (secondary N) is 1. The van der Waals surface area contributed by atoms with Crippen molar-refractivity contribution in [2.45, 2.75) is 49.1 Å². The summed E-state index contributed by atoms with van der Waals surface area (Å²) in [4.78, 5) is 78.8. The van der Waals surface area contributed by atoms with E-state index in [1.807, 2.05) is 0 Å². The molecule has 4 aromatic rings. The molecule has 9 N–H and O–H groups in total. The van der Waals surface area contributed by atoms with Crippen molar-refractivity contribution in [2.75, 3.05) is 31.8 Å². The third-order valence-corrected chi connectivity index (χ3v) is 13.5. The van der Waals surface area contributed by atoms with Crippen molar-refractivity contribution >= 4 is 82.2 Å². The zero-order valence-corrected chi connectivity index (χ0v) is 31.1. The minimum absolute atomic E-state index is 0.0145. The van der Waals surface area contributed by atoms with Crippen LogP contribution in [0.15, 0.2) is 12.7 Å². The van der Waals surface area contributed by atoms with E-state index in [0.717, 1.165) is 0 Å². The average Bonchev–Trinajstić information content (AvgIpc) is 3.77. The van der Waals surface area contributed by atoms with E-state index in [2.05, 4.69) is 50.3 Å². The number of H-pyrrole nitrogens is 1. The monoisotopic (exact) mass is 846 g/mol. The average molecular weight is 847 g/mol. The molecule has 0 saturated carbocycles. The number of methoxy groups -OCH3 is 1. The molecule has 6 rings (SSSR count). The quantitative estimate of drug-likeness (QED) is 0.0285. The topological polar surface area (TPSA) is 394 Å². The lowest BCUT2D eigenvalue weighted by molar-refractivity contribution is -0.746. The second kappa shape index (κ2) is 15.0. The summed E-state index contributed by atoms with van der Waals surface area (Å²) in [5, 5.41) is 44.3. The normalized spacial score (nSPS) is 28.9. The number of hydrogen-bond acceptors (Lipinski definition) is 24. The predicted octanol–water partition coefficient (Wildman–Crippen LogP) is -6.03. The van der Waals surface area contributed by atoms with Gasteiger partial charge in [-0.25, -0.2) is 24.0 Å². The van der Waals surface area contributed by atoms with E-state index in [9.17, 15) is 44.9 Å². The number of phosphoric ester groups is 2. The minimum Gasteiger partial charge on any atom is -0.856 e. The highest BCUT2D eigenvalue weighted by Crippen LogP contribution is 2.72. The first-order chi connectivity index (χ1) is 24.7. The second-order valence-corrected chi connectivity index (χ2v) is 17.7. The fourth-order valence-corrected chi connectivity index (χ4v) is 10.8. The Hall–Kier alpha value is -2.24. The first-order valence-electron chi connectivity index (χ1n) is 14.7. The summed E-state index contributed by atoms with van der Waals surface area (Å²) in [5.41, 5.74) is 11.7. The lowest BCUT2D eigenvalue weighted by Gasteiger charge is -2.39. The summed E-state index contributed by atoms with van der Waals surface area (Å²) in [5.74, 6) is -1.13. The van der Waals surface area contributed by atoms with Crippen molar-refractivity contribution in [1.29, 1.82) is 0 Å². The van der Waals surface area contributed by atoms with Crippen molar-refractivity contribution in [3.8, 4) is 5.88 Å². The molecular weight excluding hydrogens is 817 g/mol. The van der Waals surface area contributed by atoms with E-state index in [4.69, 9.17) is 42.4 Å². The summed E-state index contributed by atoms with van der Waals surface area (Å²) in [6, 6.07) is 0. The van der Waals surface area contributed by atoms with Crippen LogP contribution in [0.5, 0.6) is 5.88 Å². The highest BCUT2D eigenvalue weighted by atomic mass is 32.7. The highest BCUT2D eigenvalue weighted by molar-refractivity contribution is 8.36. The molecule has 0 spiro atoms. The number of imidazole rings is 2. The SMILES string of the molecule is CO[C@@H]1[C@H](O)[C@@H](CO[P+]([O-])(O)O[P+]([O-])([S-])O[P+]([O-])([O-])OC[C@H]2O[C@@H](n3cnc4c(=S)nc(N)[nH]c43)[C@H](O)[C@@H]2O)O[C@H]1[n+]1cn(C)c2c([O-])nc(N)nc21. The Balaban J connectivity index is 1.05. The van der Waals surface area contributed by atoms with Crippen LogP contribution in [0.3, 0.4) is 0 Å². The van der Waals surface area contributed by atoms with Crippen LogP contribution < -0.4 is 40.7 Å². The molecule has 0 aliphatic carbocycles. The van der Waals surface area contributed by atoms with E-state index in [0.29, 0.717) is 0 Å². The van der Waals surface area contributed by atoms with Crippen molar-refractivity contribution in [3.63, 3.8) is 0 Å². The molecular formula is C22H29N10O16P3S2-2. The summed E-state index contributed by atoms with van der Waals surface area (Å²) in [7, 11) is -14.0. The molecule has 2 aliphatic heterocycles. The van der Waals surface area contributed by atoms with E-state index < -0.39 is 91.7 Å². The van der Waals surface area contributed by atoms with Crippen LogP contribution in [0.25, 0.3) is 22.3 Å². The number of aromatic amines is 1. The smallest absolute Gasteiger partial charge is 0.427 e. The van der Waals surface area contributed by atoms with Gasteiger partial charge in [0.1, 0.15) is 61.0 Å². The molecule has 292 valence electrons. The summed E-state index contributed by atoms with van der Waals surface area (Å²) in [6.07, 6.45) is -9.13. The van der Waals surface area contributed by atoms with Crippen molar-refractivity contribution < 1.29 is 81.3 Å². The molecule has 4 aromatic heterocycles. The van der Waals surface area contributed by atoms with E-state index >= 15 is 0 Å². The summed E-state index contributed by atoms with van der Waals surface area (Å²) in [6.45, 7) is -1.98. The van der Waals surface area contributed by atoms with Crippen molar-refractivity contribution in [3.05, 3.63) is 17.3 Å². The van der Waals surface area contributed by atoms with Gasteiger partial charge in [-0.15, -0.1) is 0 Å². The number of aryl methyl sites for hydroxylation is 1. The molecule has 10 atom stereocenters. The number of hydrogen-bond donors (Lipinski definition) is 7. The van der Waals surface area contributed by atoms with Crippen LogP contribution in [0, 0.1) is 4.64 Å². The standard InChI is InChI=1S/C22H31N10O16P3S2/c1-30-6-32(16-10(30)17(36)28-21(23)27-16)20-14(42-2)12(34)8(46-20)4-44-50(39,40)48-51(41,53)47-49(37,38)43-3-7-11(33)13(35)19(45-7)31-5-25-9-15(31)26-22(24)29-18(9)52/h5-8,11-14,19-20,33-35H,3-4H2,1-2H3,(H8-,23,24,26,27,28,29,36,37,38,39,40,41,52,53)/p-2/t7-,8-,11-,12-,13-,14-,19-,20-,51?/m1/s1. The molecule has 31 heteroatoms. The van der Waals surface area contributed by atoms with Crippen LogP contribution in [0.1, 0.15) is 12.5 Å². The Bertz CT molecular complexity index is 2040. The number of aromatic nitrogens is 8. The van der Waals surface area contributed by atoms with Crippen LogP contribution in [0.2, 0.25) is 0 Å². The van der Waals surface area contributed by atoms with Crippen molar-refractivity contribution in [2.24, 2.45) is 7.05 Å². The Morgan fingerprint density at radius 3 is 2.42 bits per heavy atom. The van der Waals surface area contributed by atoms with Gasteiger partial charge in [-0.2, -0.15) is 9.42 Å². The number of ether oxygens (including phenoxy) is 3. The molecule has 0 aromatic carbocycles. The maximum atomic E-state index is 12.7. The van der Waals surface area contributed by atoms with E-state index in [1.54, 1.807) is 0 Å². The van der Waals surface area contributed by atoms with Gasteiger partial charge < -0.3 is 82.9 Å². The van der Waals surface area contributed by atoms with Gasteiger partial charge >= 0.3 is 13.8 Å². The van der Waals surface area contributed by atoms with Crippen LogP contribution >= 0.6 is 35.7 Å². The second-order valence-electron chi connectivity index (χ2n) is 11.4. The number of aliphatic hydroxyl groups is 3. The number of nitrogen functional groups attached to an aromatic ring is 2. The molecule has 0 radical (unpaired) electrons. The largest absolute Gasteiger partial charge is 0.856 e. The number of fused-ring (bicyclic) bond motifs is 2. The van der Waals surface area contributed by atoms with Crippen molar-refractivity contribution in [1.82, 2.24) is 34.1 Å². The van der Waals surface area contributed by atoms with Gasteiger partial charge in [-0.3, -0.25) is 9.13 Å². The van der Waals surface area contributed by atoms with Gasteiger partial charge in [0.2, 0.25) is 21.5 Å². The third-order valence-electron chi connectivity index (χ3n) is 7.88. The fourth-order valence-electron chi connectivity index (χ4n) is 5.63. The first-order valence-corrected chi connectivity index (χ1v) is 20.6. The lowest BCUT2D eigenvalue weighted by atomic mass is 10.1. The Labute approximate surface area is 308 Å². The van der Waals surface area contributed by atoms with Gasteiger partial charge in [0.05, 0.1) is 13.4 Å². The fraction of sp³-hybridized carbons (Fsp3) is 0.545. The molecule has 26 nitrogen and oxygen atoms in total. The number of phosphoric acid groups is 2. The van der Waals surface area contributed by atoms with Gasteiger partial charge in [0.15, 0.2) is 28.7 Å². The lowest BCUT2D eigenvalue weighted by Crippen LogP contribution is -2.46.